The average molecular weight is 504 g/mol. The van der Waals surface area contributed by atoms with Crippen molar-refractivity contribution in [2.45, 2.75) is 6.10 Å². The van der Waals surface area contributed by atoms with Gasteiger partial charge in [0, 0.05) is 45.6 Å². The molecule has 0 amide bonds. The summed E-state index contributed by atoms with van der Waals surface area (Å²) in [5, 5.41) is 2.31. The molecule has 0 aliphatic carbocycles. The first-order valence-corrected chi connectivity index (χ1v) is 13.1. The zero-order chi connectivity index (χ0) is 26.3. The third-order valence-electron chi connectivity index (χ3n) is 7.55. The lowest BCUT2D eigenvalue weighted by Gasteiger charge is -2.27. The Bertz CT molecular complexity index is 1900. The fourth-order valence-corrected chi connectivity index (χ4v) is 5.64. The lowest BCUT2D eigenvalue weighted by Crippen LogP contribution is -2.20. The van der Waals surface area contributed by atoms with E-state index in [-0.39, 0.29) is 5.97 Å². The molecule has 6 aromatic rings. The van der Waals surface area contributed by atoms with Crippen LogP contribution in [0.1, 0.15) is 38.7 Å². The van der Waals surface area contributed by atoms with E-state index in [9.17, 15) is 4.79 Å². The summed E-state index contributed by atoms with van der Waals surface area (Å²) < 4.78 is 8.40. The monoisotopic (exact) mass is 503 g/mol. The van der Waals surface area contributed by atoms with Crippen molar-refractivity contribution in [3.8, 4) is 0 Å². The van der Waals surface area contributed by atoms with E-state index in [1.807, 2.05) is 60.7 Å². The van der Waals surface area contributed by atoms with Gasteiger partial charge in [-0.05, 0) is 41.0 Å². The number of nitrogens with zero attached hydrogens (tertiary/aromatic N) is 1. The van der Waals surface area contributed by atoms with E-state index >= 15 is 0 Å². The molecule has 0 saturated carbocycles. The minimum Gasteiger partial charge on any atom is -0.448 e. The van der Waals surface area contributed by atoms with Crippen LogP contribution in [0.5, 0.6) is 0 Å². The van der Waals surface area contributed by atoms with Crippen LogP contribution in [0.3, 0.4) is 0 Å². The molecule has 1 aromatic heterocycles. The molecule has 3 nitrogen and oxygen atoms in total. The number of aryl methyl sites for hydroxylation is 1. The second-order valence-corrected chi connectivity index (χ2v) is 9.83. The Labute approximate surface area is 226 Å². The highest BCUT2D eigenvalue weighted by Crippen LogP contribution is 2.42. The Morgan fingerprint density at radius 3 is 1.97 bits per heavy atom. The molecule has 1 aliphatic heterocycles. The third kappa shape index (κ3) is 3.88. The van der Waals surface area contributed by atoms with Crippen LogP contribution in [0.15, 0.2) is 133 Å². The van der Waals surface area contributed by atoms with Crippen molar-refractivity contribution >= 4 is 38.9 Å². The number of para-hydroxylation sites is 1. The first-order chi connectivity index (χ1) is 19.2. The Balaban J connectivity index is 1.53. The van der Waals surface area contributed by atoms with Crippen LogP contribution in [-0.4, -0.2) is 10.5 Å². The van der Waals surface area contributed by atoms with Gasteiger partial charge in [0.15, 0.2) is 6.10 Å². The van der Waals surface area contributed by atoms with Crippen LogP contribution >= 0.6 is 0 Å². The molecule has 0 N–H and O–H groups in total. The number of benzene rings is 5. The number of rotatable bonds is 3. The van der Waals surface area contributed by atoms with Gasteiger partial charge >= 0.3 is 5.97 Å². The van der Waals surface area contributed by atoms with E-state index in [0.717, 1.165) is 44.3 Å². The molecule has 1 atom stereocenters. The second kappa shape index (κ2) is 9.33. The Kier molecular flexibility index (Phi) is 5.51. The van der Waals surface area contributed by atoms with Gasteiger partial charge in [-0.15, -0.1) is 5.73 Å². The summed E-state index contributed by atoms with van der Waals surface area (Å²) in [6.07, 6.45) is -0.599. The first kappa shape index (κ1) is 23.0. The number of ether oxygens (including phenoxy) is 1. The van der Waals surface area contributed by atoms with Crippen LogP contribution in [0.2, 0.25) is 0 Å². The molecule has 3 heteroatoms. The van der Waals surface area contributed by atoms with E-state index in [4.69, 9.17) is 4.74 Å². The number of cyclic esters (lactones) is 1. The molecule has 2 heterocycles. The van der Waals surface area contributed by atoms with Crippen LogP contribution in [0.4, 0.5) is 0 Å². The standard InChI is InChI=1S/C36H25NO2/c1-37-33-19-11-10-17-28(33)31-22-26(20-21-34(31)37)35-32(27-16-8-9-18-29(27)36(38)39-35)23-30(24-12-4-2-5-13-24)25-14-6-3-7-15-25/h2-22,35H,1H3. The van der Waals surface area contributed by atoms with Crippen molar-refractivity contribution in [2.24, 2.45) is 7.05 Å². The van der Waals surface area contributed by atoms with E-state index < -0.39 is 6.10 Å². The third-order valence-corrected chi connectivity index (χ3v) is 7.55. The Morgan fingerprint density at radius 2 is 1.26 bits per heavy atom. The summed E-state index contributed by atoms with van der Waals surface area (Å²) in [5.41, 5.74) is 12.3. The van der Waals surface area contributed by atoms with E-state index in [0.29, 0.717) is 5.56 Å². The summed E-state index contributed by atoms with van der Waals surface area (Å²) >= 11 is 0. The van der Waals surface area contributed by atoms with Crippen LogP contribution in [0.25, 0.3) is 33.0 Å². The topological polar surface area (TPSA) is 31.2 Å². The maximum Gasteiger partial charge on any atom is 0.339 e. The van der Waals surface area contributed by atoms with Crippen molar-refractivity contribution in [1.29, 1.82) is 0 Å². The average Bonchev–Trinajstić information content (AvgIpc) is 3.29. The molecule has 1 aliphatic rings. The predicted molar refractivity (Wildman–Crippen MR) is 157 cm³/mol. The molecule has 0 radical (unpaired) electrons. The number of esters is 1. The molecule has 0 bridgehead atoms. The minimum absolute atomic E-state index is 0.319. The van der Waals surface area contributed by atoms with E-state index in [2.05, 4.69) is 84.1 Å². The highest BCUT2D eigenvalue weighted by Gasteiger charge is 2.32. The number of carbonyl (C=O) groups excluding carboxylic acids is 1. The molecule has 7 rings (SSSR count). The quantitative estimate of drug-likeness (QED) is 0.179. The second-order valence-electron chi connectivity index (χ2n) is 9.83. The van der Waals surface area contributed by atoms with Gasteiger partial charge in [-0.1, -0.05) is 103 Å². The van der Waals surface area contributed by atoms with Gasteiger partial charge in [0.2, 0.25) is 0 Å². The lowest BCUT2D eigenvalue weighted by molar-refractivity contribution is 0.0388. The van der Waals surface area contributed by atoms with Crippen LogP contribution in [-0.2, 0) is 11.8 Å². The van der Waals surface area contributed by atoms with Gasteiger partial charge in [-0.25, -0.2) is 4.79 Å². The summed E-state index contributed by atoms with van der Waals surface area (Å²) in [5.74, 6) is -0.319. The van der Waals surface area contributed by atoms with Gasteiger partial charge < -0.3 is 9.30 Å². The highest BCUT2D eigenvalue weighted by atomic mass is 16.5. The van der Waals surface area contributed by atoms with Gasteiger partial charge in [-0.2, -0.15) is 0 Å². The zero-order valence-electron chi connectivity index (χ0n) is 21.5. The number of hydrogen-bond donors (Lipinski definition) is 0. The van der Waals surface area contributed by atoms with E-state index in [1.54, 1.807) is 0 Å². The summed E-state index contributed by atoms with van der Waals surface area (Å²) in [4.78, 5) is 13.2. The summed E-state index contributed by atoms with van der Waals surface area (Å²) in [6.45, 7) is 0. The molecule has 0 fully saturated rings. The number of carbonyl (C=O) groups is 1. The van der Waals surface area contributed by atoms with Gasteiger partial charge in [0.25, 0.3) is 0 Å². The molecule has 186 valence electrons. The Morgan fingerprint density at radius 1 is 0.667 bits per heavy atom. The summed E-state index contributed by atoms with van der Waals surface area (Å²) in [6, 6.07) is 42.9. The van der Waals surface area contributed by atoms with Gasteiger partial charge in [-0.3, -0.25) is 0 Å². The molecule has 5 aromatic carbocycles. The van der Waals surface area contributed by atoms with Crippen molar-refractivity contribution in [2.75, 3.05) is 0 Å². The van der Waals surface area contributed by atoms with Crippen molar-refractivity contribution in [3.63, 3.8) is 0 Å². The predicted octanol–water partition coefficient (Wildman–Crippen LogP) is 8.36. The van der Waals surface area contributed by atoms with Crippen LogP contribution in [0, 0.1) is 0 Å². The molecular formula is C36H25NO2. The molecular weight excluding hydrogens is 478 g/mol. The lowest BCUT2D eigenvalue weighted by atomic mass is 9.87. The molecule has 1 unspecified atom stereocenters. The van der Waals surface area contributed by atoms with Crippen molar-refractivity contribution < 1.29 is 9.53 Å². The maximum absolute atomic E-state index is 13.2. The van der Waals surface area contributed by atoms with Crippen molar-refractivity contribution in [3.05, 3.63) is 161 Å². The largest absolute Gasteiger partial charge is 0.448 e. The maximum atomic E-state index is 13.2. The van der Waals surface area contributed by atoms with E-state index in [1.165, 1.54) is 10.9 Å². The normalized spacial score (nSPS) is 14.6. The fraction of sp³-hybridized carbons (Fsp3) is 0.0556. The molecule has 0 spiro atoms. The smallest absolute Gasteiger partial charge is 0.339 e. The number of aromatic nitrogens is 1. The van der Waals surface area contributed by atoms with Crippen LogP contribution < -0.4 is 0 Å². The minimum atomic E-state index is -0.599. The zero-order valence-corrected chi connectivity index (χ0v) is 21.5. The van der Waals surface area contributed by atoms with Crippen molar-refractivity contribution in [1.82, 2.24) is 4.57 Å². The SMILES string of the molecule is Cn1c2ccccc2c2cc(C3OC(=O)c4ccccc4C3=C=C(c3ccccc3)c3ccccc3)ccc21. The van der Waals surface area contributed by atoms with Gasteiger partial charge in [0.05, 0.1) is 5.56 Å². The van der Waals surface area contributed by atoms with Gasteiger partial charge in [0.1, 0.15) is 0 Å². The number of hydrogen-bond acceptors (Lipinski definition) is 2. The fourth-order valence-electron chi connectivity index (χ4n) is 5.64. The highest BCUT2D eigenvalue weighted by molar-refractivity contribution is 6.08. The molecule has 0 saturated heterocycles. The Hall–Kier alpha value is -5.11. The summed E-state index contributed by atoms with van der Waals surface area (Å²) in [7, 11) is 2.08. The first-order valence-electron chi connectivity index (χ1n) is 13.1. The molecule has 39 heavy (non-hydrogen) atoms. The number of fused-ring (bicyclic) bond motifs is 4.